The fraction of sp³-hybridized carbons (Fsp3) is 0.400. The molecule has 0 aliphatic carbocycles. The number of ether oxygens (including phenoxy) is 1. The second kappa shape index (κ2) is 4.83. The number of methoxy groups -OCH3 is 1. The Hall–Kier alpha value is -0.780. The Bertz CT molecular complexity index is 355. The van der Waals surface area contributed by atoms with Crippen LogP contribution < -0.4 is 10.5 Å². The van der Waals surface area contributed by atoms with E-state index in [0.717, 1.165) is 0 Å². The Balaban J connectivity index is 3.26. The molecule has 0 heterocycles. The van der Waals surface area contributed by atoms with Crippen LogP contribution in [0.5, 0.6) is 11.5 Å². The summed E-state index contributed by atoms with van der Waals surface area (Å²) in [6.45, 7) is 1.66. The molecule has 84 valence electrons. The normalized spacial score (nSPS) is 14.7. The Labute approximate surface area is 96.8 Å². The highest BCUT2D eigenvalue weighted by atomic mass is 79.9. The van der Waals surface area contributed by atoms with E-state index in [1.807, 2.05) is 0 Å². The van der Waals surface area contributed by atoms with Crippen LogP contribution in [0.25, 0.3) is 0 Å². The van der Waals surface area contributed by atoms with Crippen molar-refractivity contribution in [3.05, 3.63) is 22.2 Å². The van der Waals surface area contributed by atoms with Gasteiger partial charge in [-0.25, -0.2) is 0 Å². The number of benzene rings is 1. The van der Waals surface area contributed by atoms with Crippen molar-refractivity contribution in [3.63, 3.8) is 0 Å². The lowest BCUT2D eigenvalue weighted by atomic mass is 10.0. The topological polar surface area (TPSA) is 75.7 Å². The van der Waals surface area contributed by atoms with Crippen LogP contribution in [0.1, 0.15) is 18.6 Å². The molecule has 0 amide bonds. The van der Waals surface area contributed by atoms with Crippen molar-refractivity contribution in [2.24, 2.45) is 5.73 Å². The molecule has 15 heavy (non-hydrogen) atoms. The molecule has 4 nitrogen and oxygen atoms in total. The molecule has 0 fully saturated rings. The Morgan fingerprint density at radius 2 is 2.07 bits per heavy atom. The fourth-order valence-corrected chi connectivity index (χ4v) is 1.83. The van der Waals surface area contributed by atoms with Crippen molar-refractivity contribution in [1.82, 2.24) is 0 Å². The van der Waals surface area contributed by atoms with Crippen LogP contribution >= 0.6 is 15.9 Å². The van der Waals surface area contributed by atoms with E-state index in [9.17, 15) is 10.2 Å². The Morgan fingerprint density at radius 1 is 1.47 bits per heavy atom. The number of aliphatic hydroxyl groups is 1. The number of aromatic hydroxyl groups is 1. The second-order valence-electron chi connectivity index (χ2n) is 3.32. The molecule has 1 aromatic carbocycles. The first kappa shape index (κ1) is 12.3. The molecule has 0 aromatic heterocycles. The highest BCUT2D eigenvalue weighted by Gasteiger charge is 2.22. The van der Waals surface area contributed by atoms with Crippen molar-refractivity contribution < 1.29 is 14.9 Å². The molecule has 0 aliphatic heterocycles. The van der Waals surface area contributed by atoms with Gasteiger partial charge in [0.25, 0.3) is 0 Å². The van der Waals surface area contributed by atoms with Crippen molar-refractivity contribution in [1.29, 1.82) is 0 Å². The van der Waals surface area contributed by atoms with Crippen LogP contribution in [0.4, 0.5) is 0 Å². The predicted octanol–water partition coefficient (Wildman–Crippen LogP) is 1.54. The van der Waals surface area contributed by atoms with Gasteiger partial charge in [0.05, 0.1) is 13.2 Å². The van der Waals surface area contributed by atoms with Crippen molar-refractivity contribution in [3.8, 4) is 11.5 Å². The Kier molecular flexibility index (Phi) is 3.96. The summed E-state index contributed by atoms with van der Waals surface area (Å²) in [6.07, 6.45) is -0.936. The minimum atomic E-state index is -0.936. The van der Waals surface area contributed by atoms with Gasteiger partial charge in [-0.1, -0.05) is 15.9 Å². The molecule has 2 unspecified atom stereocenters. The number of halogens is 1. The number of hydrogen-bond acceptors (Lipinski definition) is 4. The first-order valence-electron chi connectivity index (χ1n) is 4.48. The van der Waals surface area contributed by atoms with E-state index in [2.05, 4.69) is 15.9 Å². The molecule has 0 saturated carbocycles. The van der Waals surface area contributed by atoms with E-state index in [0.29, 0.717) is 15.8 Å². The molecule has 0 spiro atoms. The lowest BCUT2D eigenvalue weighted by Gasteiger charge is -2.19. The molecule has 1 rings (SSSR count). The summed E-state index contributed by atoms with van der Waals surface area (Å²) in [5, 5.41) is 19.6. The highest BCUT2D eigenvalue weighted by molar-refractivity contribution is 9.10. The van der Waals surface area contributed by atoms with Gasteiger partial charge in [-0.15, -0.1) is 0 Å². The van der Waals surface area contributed by atoms with Gasteiger partial charge in [0.1, 0.15) is 0 Å². The van der Waals surface area contributed by atoms with Gasteiger partial charge in [0.2, 0.25) is 0 Å². The predicted molar refractivity (Wildman–Crippen MR) is 61.0 cm³/mol. The van der Waals surface area contributed by atoms with Crippen LogP contribution in [0, 0.1) is 0 Å². The number of rotatable bonds is 3. The summed E-state index contributed by atoms with van der Waals surface area (Å²) in [5.74, 6) is 0.226. The first-order chi connectivity index (χ1) is 6.99. The maximum absolute atomic E-state index is 9.82. The standard InChI is InChI=1S/C10H14BrNO3/c1-5(12)9(13)8-6(11)3-4-7(15-2)10(8)14/h3-5,9,13-14H,12H2,1-2H3. The molecule has 0 aliphatic rings. The highest BCUT2D eigenvalue weighted by Crippen LogP contribution is 2.39. The van der Waals surface area contributed by atoms with Gasteiger partial charge in [-0.2, -0.15) is 0 Å². The zero-order valence-corrected chi connectivity index (χ0v) is 10.2. The molecular weight excluding hydrogens is 262 g/mol. The molecule has 4 N–H and O–H groups in total. The smallest absolute Gasteiger partial charge is 0.164 e. The molecule has 0 radical (unpaired) electrons. The van der Waals surface area contributed by atoms with Crippen LogP contribution in [0.3, 0.4) is 0 Å². The minimum Gasteiger partial charge on any atom is -0.504 e. The van der Waals surface area contributed by atoms with E-state index in [1.54, 1.807) is 19.1 Å². The van der Waals surface area contributed by atoms with Crippen molar-refractivity contribution >= 4 is 15.9 Å². The number of aliphatic hydroxyl groups excluding tert-OH is 1. The zero-order valence-electron chi connectivity index (χ0n) is 8.57. The lowest BCUT2D eigenvalue weighted by molar-refractivity contribution is 0.148. The number of phenolic OH excluding ortho intramolecular Hbond substituents is 1. The van der Waals surface area contributed by atoms with Crippen molar-refractivity contribution in [2.45, 2.75) is 19.1 Å². The molecule has 0 saturated heterocycles. The van der Waals surface area contributed by atoms with E-state index < -0.39 is 12.1 Å². The van der Waals surface area contributed by atoms with Gasteiger partial charge in [0.15, 0.2) is 11.5 Å². The summed E-state index contributed by atoms with van der Waals surface area (Å²) in [6, 6.07) is 2.83. The van der Waals surface area contributed by atoms with Crippen LogP contribution in [0.2, 0.25) is 0 Å². The van der Waals surface area contributed by atoms with Crippen LogP contribution in [-0.2, 0) is 0 Å². The summed E-state index contributed by atoms with van der Waals surface area (Å²) >= 11 is 3.25. The van der Waals surface area contributed by atoms with Crippen molar-refractivity contribution in [2.75, 3.05) is 7.11 Å². The quantitative estimate of drug-likeness (QED) is 0.782. The maximum atomic E-state index is 9.82. The third-order valence-corrected chi connectivity index (χ3v) is 2.83. The number of nitrogens with two attached hydrogens (primary N) is 1. The van der Waals surface area contributed by atoms with Crippen LogP contribution in [0.15, 0.2) is 16.6 Å². The lowest BCUT2D eigenvalue weighted by Crippen LogP contribution is -2.24. The molecule has 5 heteroatoms. The number of hydrogen-bond donors (Lipinski definition) is 3. The third-order valence-electron chi connectivity index (χ3n) is 2.14. The average Bonchev–Trinajstić information content (AvgIpc) is 2.17. The molecular formula is C10H14BrNO3. The zero-order chi connectivity index (χ0) is 11.6. The summed E-state index contributed by atoms with van der Waals surface area (Å²) in [4.78, 5) is 0. The minimum absolute atomic E-state index is 0.0864. The molecule has 1 aromatic rings. The maximum Gasteiger partial charge on any atom is 0.164 e. The fourth-order valence-electron chi connectivity index (χ4n) is 1.27. The summed E-state index contributed by atoms with van der Waals surface area (Å²) in [7, 11) is 1.45. The second-order valence-corrected chi connectivity index (χ2v) is 4.17. The van der Waals surface area contributed by atoms with Gasteiger partial charge >= 0.3 is 0 Å². The number of phenols is 1. The van der Waals surface area contributed by atoms with Crippen LogP contribution in [-0.4, -0.2) is 23.4 Å². The monoisotopic (exact) mass is 275 g/mol. The van der Waals surface area contributed by atoms with Gasteiger partial charge in [0, 0.05) is 16.1 Å². The van der Waals surface area contributed by atoms with E-state index in [4.69, 9.17) is 10.5 Å². The molecule has 0 bridgehead atoms. The SMILES string of the molecule is COc1ccc(Br)c(C(O)C(C)N)c1O. The Morgan fingerprint density at radius 3 is 2.53 bits per heavy atom. The van der Waals surface area contributed by atoms with Gasteiger partial charge in [-0.05, 0) is 19.1 Å². The van der Waals surface area contributed by atoms with E-state index >= 15 is 0 Å². The third kappa shape index (κ3) is 2.42. The summed E-state index contributed by atoms with van der Waals surface area (Å²) < 4.78 is 5.55. The largest absolute Gasteiger partial charge is 0.504 e. The van der Waals surface area contributed by atoms with Gasteiger partial charge < -0.3 is 20.7 Å². The van der Waals surface area contributed by atoms with Gasteiger partial charge in [-0.3, -0.25) is 0 Å². The average molecular weight is 276 g/mol. The summed E-state index contributed by atoms with van der Waals surface area (Å²) in [5.41, 5.74) is 5.93. The van der Waals surface area contributed by atoms with E-state index in [-0.39, 0.29) is 5.75 Å². The first-order valence-corrected chi connectivity index (χ1v) is 5.27. The molecule has 2 atom stereocenters. The van der Waals surface area contributed by atoms with E-state index in [1.165, 1.54) is 7.11 Å².